The van der Waals surface area contributed by atoms with Crippen molar-refractivity contribution in [2.24, 2.45) is 0 Å². The molecule has 0 atom stereocenters. The van der Waals surface area contributed by atoms with Gasteiger partial charge in [-0.15, -0.1) is 6.42 Å². The van der Waals surface area contributed by atoms with Crippen molar-refractivity contribution in [3.05, 3.63) is 57.3 Å². The molecule has 0 saturated heterocycles. The first-order valence-corrected chi connectivity index (χ1v) is 9.66. The van der Waals surface area contributed by atoms with Crippen LogP contribution in [0.3, 0.4) is 0 Å². The molecule has 0 bridgehead atoms. The van der Waals surface area contributed by atoms with Crippen molar-refractivity contribution in [1.82, 2.24) is 0 Å². The summed E-state index contributed by atoms with van der Waals surface area (Å²) in [6.07, 6.45) is -14.0. The summed E-state index contributed by atoms with van der Waals surface area (Å²) in [5.41, 5.74) is -13.4. The number of hydrogen-bond acceptors (Lipinski definition) is 2. The van der Waals surface area contributed by atoms with Crippen LogP contribution >= 0.6 is 15.9 Å². The Balaban J connectivity index is 2.66. The van der Waals surface area contributed by atoms with Crippen LogP contribution in [0, 0.1) is 18.2 Å². The topological polar surface area (TPSA) is 41.1 Å². The number of alkyl halides is 10. The van der Waals surface area contributed by atoms with E-state index in [0.29, 0.717) is 0 Å². The molecule has 0 aliphatic carbocycles. The largest absolute Gasteiger partial charge is 0.435 e. The fourth-order valence-electron chi connectivity index (χ4n) is 2.82. The molecule has 0 heterocycles. The fourth-order valence-corrected chi connectivity index (χ4v) is 3.37. The summed E-state index contributed by atoms with van der Waals surface area (Å²) in [5, 5.41) is 3.97. The molecule has 0 aliphatic heterocycles. The highest BCUT2D eigenvalue weighted by Crippen LogP contribution is 2.55. The summed E-state index contributed by atoms with van der Waals surface area (Å²) in [5.74, 6) is -0.716. The number of carbonyl (C=O) groups excluding carboxylic acids is 1. The molecule has 0 aromatic heterocycles. The SMILES string of the molecule is C#CCNc1cccc(C(=O)Nc2c(Br)cc(C(F)(C(F)(F)F)C(F)(F)F)cc2C(F)(F)F)c1F. The highest BCUT2D eigenvalue weighted by molar-refractivity contribution is 9.10. The fraction of sp³-hybridized carbons (Fsp3) is 0.250. The summed E-state index contributed by atoms with van der Waals surface area (Å²) in [6.45, 7) is -0.198. The number of amides is 1. The molecule has 190 valence electrons. The summed E-state index contributed by atoms with van der Waals surface area (Å²) in [6, 6.07) is 2.13. The molecule has 0 unspecified atom stereocenters. The van der Waals surface area contributed by atoms with E-state index in [1.807, 2.05) is 0 Å². The van der Waals surface area contributed by atoms with Crippen molar-refractivity contribution in [2.75, 3.05) is 17.2 Å². The molecule has 2 aromatic carbocycles. The molecule has 1 amide bonds. The quantitative estimate of drug-likeness (QED) is 0.289. The van der Waals surface area contributed by atoms with Crippen LogP contribution in [0.2, 0.25) is 0 Å². The van der Waals surface area contributed by atoms with E-state index < -0.39 is 68.8 Å². The molecule has 0 saturated carbocycles. The maximum atomic E-state index is 14.5. The number of terminal acetylenes is 1. The van der Waals surface area contributed by atoms with Crippen LogP contribution in [-0.4, -0.2) is 24.8 Å². The molecule has 0 spiro atoms. The highest BCUT2D eigenvalue weighted by Gasteiger charge is 2.73. The van der Waals surface area contributed by atoms with E-state index in [1.165, 1.54) is 0 Å². The lowest BCUT2D eigenvalue weighted by Crippen LogP contribution is -2.50. The normalized spacial score (nSPS) is 12.8. The summed E-state index contributed by atoms with van der Waals surface area (Å²) in [7, 11) is 0. The van der Waals surface area contributed by atoms with Gasteiger partial charge in [-0.05, 0) is 40.2 Å². The van der Waals surface area contributed by atoms with Crippen LogP contribution in [0.5, 0.6) is 0 Å². The molecule has 0 aliphatic rings. The van der Waals surface area contributed by atoms with Gasteiger partial charge in [0.25, 0.3) is 5.91 Å². The maximum Gasteiger partial charge on any atom is 0.435 e. The van der Waals surface area contributed by atoms with Crippen molar-refractivity contribution in [1.29, 1.82) is 0 Å². The minimum Gasteiger partial charge on any atom is -0.372 e. The van der Waals surface area contributed by atoms with E-state index in [1.54, 1.807) is 5.32 Å². The van der Waals surface area contributed by atoms with Gasteiger partial charge in [-0.2, -0.15) is 39.5 Å². The molecule has 2 rings (SSSR count). The highest BCUT2D eigenvalue weighted by atomic mass is 79.9. The zero-order valence-corrected chi connectivity index (χ0v) is 18.2. The van der Waals surface area contributed by atoms with E-state index >= 15 is 0 Å². The maximum absolute atomic E-state index is 14.5. The van der Waals surface area contributed by atoms with Crippen molar-refractivity contribution in [3.8, 4) is 12.3 Å². The van der Waals surface area contributed by atoms with Crippen molar-refractivity contribution >= 4 is 33.2 Å². The molecule has 2 aromatic rings. The molecule has 0 radical (unpaired) electrons. The van der Waals surface area contributed by atoms with Crippen molar-refractivity contribution in [2.45, 2.75) is 24.2 Å². The first-order valence-electron chi connectivity index (χ1n) is 8.87. The third-order valence-electron chi connectivity index (χ3n) is 4.44. The van der Waals surface area contributed by atoms with Gasteiger partial charge in [0.15, 0.2) is 5.82 Å². The summed E-state index contributed by atoms with van der Waals surface area (Å²) in [4.78, 5) is 12.5. The minimum absolute atomic E-state index is 0.198. The predicted octanol–water partition coefficient (Wildman–Crippen LogP) is 7.19. The molecule has 3 nitrogen and oxygen atoms in total. The molecule has 35 heavy (non-hydrogen) atoms. The number of hydrogen-bond donors (Lipinski definition) is 2. The van der Waals surface area contributed by atoms with E-state index in [0.717, 1.165) is 18.2 Å². The van der Waals surface area contributed by atoms with Crippen LogP contribution in [0.25, 0.3) is 0 Å². The lowest BCUT2D eigenvalue weighted by Gasteiger charge is -2.31. The Morgan fingerprint density at radius 2 is 1.54 bits per heavy atom. The molecular formula is C20H10BrF11N2O. The monoisotopic (exact) mass is 582 g/mol. The zero-order valence-electron chi connectivity index (χ0n) is 16.6. The van der Waals surface area contributed by atoms with Crippen LogP contribution in [0.1, 0.15) is 21.5 Å². The minimum atomic E-state index is -6.69. The van der Waals surface area contributed by atoms with E-state index in [4.69, 9.17) is 6.42 Å². The van der Waals surface area contributed by atoms with Crippen molar-refractivity contribution < 1.29 is 53.1 Å². The van der Waals surface area contributed by atoms with Crippen LogP contribution in [0.15, 0.2) is 34.8 Å². The number of nitrogens with one attached hydrogen (secondary N) is 2. The van der Waals surface area contributed by atoms with Gasteiger partial charge in [0.2, 0.25) is 0 Å². The molecule has 2 N–H and O–H groups in total. The Bertz CT molecular complexity index is 1150. The third-order valence-corrected chi connectivity index (χ3v) is 5.06. The van der Waals surface area contributed by atoms with Gasteiger partial charge in [0, 0.05) is 10.0 Å². The average Bonchev–Trinajstić information content (AvgIpc) is 2.71. The number of rotatable bonds is 5. The Kier molecular flexibility index (Phi) is 7.70. The Labute approximate surface area is 197 Å². The number of halogens is 12. The third kappa shape index (κ3) is 5.47. The van der Waals surface area contributed by atoms with Gasteiger partial charge >= 0.3 is 24.2 Å². The van der Waals surface area contributed by atoms with Gasteiger partial charge in [-0.25, -0.2) is 8.78 Å². The number of anilines is 2. The Morgan fingerprint density at radius 3 is 2.03 bits per heavy atom. The summed E-state index contributed by atoms with van der Waals surface area (Å²) < 4.78 is 147. The molecular weight excluding hydrogens is 573 g/mol. The summed E-state index contributed by atoms with van der Waals surface area (Å²) >= 11 is 2.34. The predicted molar refractivity (Wildman–Crippen MR) is 106 cm³/mol. The average molecular weight is 583 g/mol. The molecule has 0 fully saturated rings. The first-order chi connectivity index (χ1) is 15.9. The first kappa shape index (κ1) is 28.2. The smallest absolute Gasteiger partial charge is 0.372 e. The van der Waals surface area contributed by atoms with Gasteiger partial charge in [0.1, 0.15) is 0 Å². The van der Waals surface area contributed by atoms with Gasteiger partial charge in [0.05, 0.1) is 29.0 Å². The standard InChI is InChI=1S/C20H10BrF11N2O/c1-2-6-33-13-5-3-4-10(14(13)22)16(35)34-15-11(18(24,25)26)7-9(8-12(15)21)17(23,19(27,28)29)20(30,31)32/h1,3-5,7-8,33H,6H2,(H,34,35). The van der Waals surface area contributed by atoms with Gasteiger partial charge in [-0.3, -0.25) is 4.79 Å². The Hall–Kier alpha value is -3.02. The van der Waals surface area contributed by atoms with E-state index in [-0.39, 0.29) is 18.3 Å². The van der Waals surface area contributed by atoms with Gasteiger partial charge in [-0.1, -0.05) is 12.0 Å². The lowest BCUT2D eigenvalue weighted by atomic mass is 9.92. The lowest BCUT2D eigenvalue weighted by molar-refractivity contribution is -0.348. The second-order valence-corrected chi connectivity index (χ2v) is 7.57. The van der Waals surface area contributed by atoms with E-state index in [2.05, 4.69) is 27.2 Å². The van der Waals surface area contributed by atoms with Crippen molar-refractivity contribution in [3.63, 3.8) is 0 Å². The second-order valence-electron chi connectivity index (χ2n) is 6.71. The van der Waals surface area contributed by atoms with Crippen LogP contribution in [-0.2, 0) is 11.8 Å². The zero-order chi connectivity index (χ0) is 27.0. The Morgan fingerprint density at radius 1 is 0.971 bits per heavy atom. The van der Waals surface area contributed by atoms with Gasteiger partial charge < -0.3 is 10.6 Å². The number of carbonyl (C=O) groups is 1. The van der Waals surface area contributed by atoms with Crippen LogP contribution < -0.4 is 10.6 Å². The van der Waals surface area contributed by atoms with Crippen LogP contribution in [0.4, 0.5) is 59.7 Å². The second kappa shape index (κ2) is 9.56. The van der Waals surface area contributed by atoms with E-state index in [9.17, 15) is 53.1 Å². The molecule has 15 heteroatoms. The number of benzene rings is 2.